The zero-order chi connectivity index (χ0) is 47.0. The summed E-state index contributed by atoms with van der Waals surface area (Å²) in [6.45, 7) is 13.8. The SMILES string of the molecule is CCC(C)CCCCCCCCCCCCC(=O)OC[C@H](COC(=O)CCCCCCCCCCCCCCCCCC(C)C)OC(=O)CCCCCCCCCCCCC(C)CC. The average Bonchev–Trinajstić information content (AvgIpc) is 3.28. The van der Waals surface area contributed by atoms with Crippen LogP contribution in [0.15, 0.2) is 0 Å². The van der Waals surface area contributed by atoms with E-state index in [4.69, 9.17) is 14.2 Å². The number of carbonyl (C=O) groups excluding carboxylic acids is 3. The molecule has 64 heavy (non-hydrogen) atoms. The molecular formula is C58H112O6. The quantitative estimate of drug-likeness (QED) is 0.0344. The summed E-state index contributed by atoms with van der Waals surface area (Å²) in [6, 6.07) is 0. The Bertz CT molecular complexity index is 995. The van der Waals surface area contributed by atoms with Gasteiger partial charge in [-0.15, -0.1) is 0 Å². The molecule has 0 aromatic carbocycles. The maximum atomic E-state index is 12.8. The van der Waals surface area contributed by atoms with Crippen LogP contribution in [-0.2, 0) is 28.6 Å². The van der Waals surface area contributed by atoms with Gasteiger partial charge in [0.05, 0.1) is 0 Å². The lowest BCUT2D eigenvalue weighted by molar-refractivity contribution is -0.167. The summed E-state index contributed by atoms with van der Waals surface area (Å²) in [5, 5.41) is 0. The largest absolute Gasteiger partial charge is 0.462 e. The lowest BCUT2D eigenvalue weighted by atomic mass is 9.99. The van der Waals surface area contributed by atoms with Gasteiger partial charge in [0.25, 0.3) is 0 Å². The van der Waals surface area contributed by atoms with Crippen molar-refractivity contribution >= 4 is 17.9 Å². The molecule has 0 spiro atoms. The van der Waals surface area contributed by atoms with E-state index in [2.05, 4.69) is 41.5 Å². The second-order valence-corrected chi connectivity index (χ2v) is 20.9. The molecule has 0 radical (unpaired) electrons. The molecule has 0 saturated heterocycles. The molecule has 380 valence electrons. The summed E-state index contributed by atoms with van der Waals surface area (Å²) >= 11 is 0. The van der Waals surface area contributed by atoms with E-state index in [-0.39, 0.29) is 31.1 Å². The van der Waals surface area contributed by atoms with Crippen LogP contribution in [0.1, 0.15) is 318 Å². The first-order valence-corrected chi connectivity index (χ1v) is 28.7. The van der Waals surface area contributed by atoms with E-state index in [9.17, 15) is 14.4 Å². The summed E-state index contributed by atoms with van der Waals surface area (Å²) in [7, 11) is 0. The minimum Gasteiger partial charge on any atom is -0.462 e. The van der Waals surface area contributed by atoms with Crippen molar-refractivity contribution in [3.05, 3.63) is 0 Å². The fourth-order valence-corrected chi connectivity index (χ4v) is 8.76. The van der Waals surface area contributed by atoms with Crippen LogP contribution in [0.5, 0.6) is 0 Å². The minimum absolute atomic E-state index is 0.0638. The third-order valence-electron chi connectivity index (χ3n) is 13.9. The standard InChI is InChI=1S/C58H112O6/c1-7-53(5)45-39-33-27-21-16-18-24-30-36-42-48-57(60)63-51-55(64-58(61)49-43-37-31-25-19-17-22-28-34-40-46-54(6)8-2)50-62-56(59)47-41-35-29-23-15-13-11-9-10-12-14-20-26-32-38-44-52(3)4/h52-55H,7-51H2,1-6H3/t53?,54?,55-/m0/s1. The van der Waals surface area contributed by atoms with Gasteiger partial charge in [0.1, 0.15) is 13.2 Å². The van der Waals surface area contributed by atoms with E-state index in [1.165, 1.54) is 199 Å². The van der Waals surface area contributed by atoms with E-state index < -0.39 is 6.10 Å². The summed E-state index contributed by atoms with van der Waals surface area (Å²) in [5.41, 5.74) is 0. The molecule has 0 aliphatic rings. The third-order valence-corrected chi connectivity index (χ3v) is 13.9. The molecule has 3 atom stereocenters. The minimum atomic E-state index is -0.764. The van der Waals surface area contributed by atoms with Gasteiger partial charge in [-0.3, -0.25) is 14.4 Å². The van der Waals surface area contributed by atoms with Crippen LogP contribution in [0.25, 0.3) is 0 Å². The molecule has 6 nitrogen and oxygen atoms in total. The fourth-order valence-electron chi connectivity index (χ4n) is 8.76. The van der Waals surface area contributed by atoms with Crippen molar-refractivity contribution in [1.82, 2.24) is 0 Å². The zero-order valence-electron chi connectivity index (χ0n) is 44.1. The maximum Gasteiger partial charge on any atom is 0.306 e. The van der Waals surface area contributed by atoms with Gasteiger partial charge in [0.15, 0.2) is 6.10 Å². The second-order valence-electron chi connectivity index (χ2n) is 20.9. The molecule has 0 saturated carbocycles. The maximum absolute atomic E-state index is 12.8. The highest BCUT2D eigenvalue weighted by molar-refractivity contribution is 5.71. The van der Waals surface area contributed by atoms with Crippen LogP contribution < -0.4 is 0 Å². The van der Waals surface area contributed by atoms with Crippen LogP contribution >= 0.6 is 0 Å². The Kier molecular flexibility index (Phi) is 48.1. The number of unbranched alkanes of at least 4 members (excludes halogenated alkanes) is 32. The number of hydrogen-bond acceptors (Lipinski definition) is 6. The first-order chi connectivity index (χ1) is 31.2. The summed E-state index contributed by atoms with van der Waals surface area (Å²) in [5.74, 6) is 1.74. The first kappa shape index (κ1) is 62.4. The monoisotopic (exact) mass is 905 g/mol. The molecule has 0 fully saturated rings. The van der Waals surface area contributed by atoms with Crippen molar-refractivity contribution in [2.45, 2.75) is 324 Å². The molecule has 0 heterocycles. The van der Waals surface area contributed by atoms with Crippen LogP contribution in [0.3, 0.4) is 0 Å². The van der Waals surface area contributed by atoms with E-state index >= 15 is 0 Å². The highest BCUT2D eigenvalue weighted by Gasteiger charge is 2.19. The number of hydrogen-bond donors (Lipinski definition) is 0. The normalized spacial score (nSPS) is 13.0. The molecular weight excluding hydrogens is 793 g/mol. The van der Waals surface area contributed by atoms with Crippen molar-refractivity contribution in [2.75, 3.05) is 13.2 Å². The highest BCUT2D eigenvalue weighted by atomic mass is 16.6. The number of esters is 3. The molecule has 0 bridgehead atoms. The molecule has 2 unspecified atom stereocenters. The average molecular weight is 906 g/mol. The number of ether oxygens (including phenoxy) is 3. The van der Waals surface area contributed by atoms with Gasteiger partial charge >= 0.3 is 17.9 Å². The second kappa shape index (κ2) is 49.3. The van der Waals surface area contributed by atoms with Crippen LogP contribution in [-0.4, -0.2) is 37.2 Å². The molecule has 0 aromatic heterocycles. The molecule has 0 aliphatic heterocycles. The van der Waals surface area contributed by atoms with Crippen molar-refractivity contribution in [3.8, 4) is 0 Å². The Morgan fingerprint density at radius 2 is 0.547 bits per heavy atom. The Balaban J connectivity index is 4.31. The highest BCUT2D eigenvalue weighted by Crippen LogP contribution is 2.19. The van der Waals surface area contributed by atoms with Crippen LogP contribution in [0.2, 0.25) is 0 Å². The van der Waals surface area contributed by atoms with E-state index in [0.717, 1.165) is 75.5 Å². The van der Waals surface area contributed by atoms with E-state index in [1.807, 2.05) is 0 Å². The third kappa shape index (κ3) is 48.3. The Morgan fingerprint density at radius 1 is 0.312 bits per heavy atom. The summed E-state index contributed by atoms with van der Waals surface area (Å²) in [4.78, 5) is 38.1. The fraction of sp³-hybridized carbons (Fsp3) is 0.948. The predicted molar refractivity (Wildman–Crippen MR) is 275 cm³/mol. The molecule has 6 heteroatoms. The van der Waals surface area contributed by atoms with Gasteiger partial charge in [-0.2, -0.15) is 0 Å². The molecule has 0 rings (SSSR count). The van der Waals surface area contributed by atoms with Crippen LogP contribution in [0.4, 0.5) is 0 Å². The van der Waals surface area contributed by atoms with Crippen LogP contribution in [0, 0.1) is 17.8 Å². The van der Waals surface area contributed by atoms with Gasteiger partial charge in [-0.25, -0.2) is 0 Å². The smallest absolute Gasteiger partial charge is 0.306 e. The Hall–Kier alpha value is -1.59. The van der Waals surface area contributed by atoms with Crippen molar-refractivity contribution in [3.63, 3.8) is 0 Å². The van der Waals surface area contributed by atoms with Gasteiger partial charge in [-0.05, 0) is 37.0 Å². The Morgan fingerprint density at radius 3 is 0.812 bits per heavy atom. The van der Waals surface area contributed by atoms with Gasteiger partial charge in [0, 0.05) is 19.3 Å². The topological polar surface area (TPSA) is 78.9 Å². The molecule has 0 N–H and O–H groups in total. The predicted octanol–water partition coefficient (Wildman–Crippen LogP) is 18.7. The summed E-state index contributed by atoms with van der Waals surface area (Å²) in [6.07, 6.45) is 50.8. The molecule has 0 aliphatic carbocycles. The van der Waals surface area contributed by atoms with E-state index in [1.54, 1.807) is 0 Å². The number of rotatable bonds is 51. The van der Waals surface area contributed by atoms with Crippen molar-refractivity contribution in [2.24, 2.45) is 17.8 Å². The molecule has 0 amide bonds. The van der Waals surface area contributed by atoms with Gasteiger partial charge in [0.2, 0.25) is 0 Å². The van der Waals surface area contributed by atoms with E-state index in [0.29, 0.717) is 19.3 Å². The first-order valence-electron chi connectivity index (χ1n) is 28.7. The number of carbonyl (C=O) groups is 3. The lowest BCUT2D eigenvalue weighted by Crippen LogP contribution is -2.30. The van der Waals surface area contributed by atoms with Crippen molar-refractivity contribution in [1.29, 1.82) is 0 Å². The zero-order valence-corrected chi connectivity index (χ0v) is 44.1. The summed E-state index contributed by atoms with van der Waals surface area (Å²) < 4.78 is 16.9. The van der Waals surface area contributed by atoms with Gasteiger partial charge in [-0.1, -0.05) is 279 Å². The lowest BCUT2D eigenvalue weighted by Gasteiger charge is -2.18. The Labute approximate surface area is 399 Å². The van der Waals surface area contributed by atoms with Gasteiger partial charge < -0.3 is 14.2 Å². The van der Waals surface area contributed by atoms with Crippen molar-refractivity contribution < 1.29 is 28.6 Å². The molecule has 0 aromatic rings.